The van der Waals surface area contributed by atoms with Crippen LogP contribution in [-0.2, 0) is 33.4 Å². The van der Waals surface area contributed by atoms with Crippen LogP contribution in [0.25, 0.3) is 17.0 Å². The smallest absolute Gasteiger partial charge is 0.316 e. The molecule has 8 nitrogen and oxygen atoms in total. The van der Waals surface area contributed by atoms with Gasteiger partial charge in [0, 0.05) is 41.2 Å². The molecule has 2 fully saturated rings. The molecule has 256 valence electrons. The minimum atomic E-state index is -1.19. The summed E-state index contributed by atoms with van der Waals surface area (Å²) in [7, 11) is 0. The molecule has 8 heteroatoms. The third kappa shape index (κ3) is 7.53. The Morgan fingerprint density at radius 3 is 2.34 bits per heavy atom. The summed E-state index contributed by atoms with van der Waals surface area (Å²) in [5, 5.41) is 1.04. The van der Waals surface area contributed by atoms with E-state index in [1.165, 1.54) is 0 Å². The van der Waals surface area contributed by atoms with Crippen LogP contribution in [0, 0.1) is 40.9 Å². The van der Waals surface area contributed by atoms with Crippen LogP contribution < -0.4 is 0 Å². The highest BCUT2D eigenvalue weighted by molar-refractivity contribution is 6.00. The molecule has 1 aromatic heterocycles. The lowest BCUT2D eigenvalue weighted by Crippen LogP contribution is -2.54. The quantitative estimate of drug-likeness (QED) is 0.244. The molecule has 0 aliphatic carbocycles. The number of pyridine rings is 1. The fourth-order valence-corrected chi connectivity index (χ4v) is 8.67. The second kappa shape index (κ2) is 14.0. The Bertz CT molecular complexity index is 1520. The first-order chi connectivity index (χ1) is 21.9. The number of benzene rings is 1. The molecule has 3 heterocycles. The number of carbonyl (C=O) groups excluding carboxylic acids is 4. The maximum atomic E-state index is 14.2. The molecule has 47 heavy (non-hydrogen) atoms. The number of aromatic nitrogens is 1. The largest absolute Gasteiger partial charge is 0.458 e. The number of rotatable bonds is 5. The Morgan fingerprint density at radius 2 is 1.68 bits per heavy atom. The first-order valence-electron chi connectivity index (χ1n) is 17.1. The number of ketones is 2. The van der Waals surface area contributed by atoms with Crippen molar-refractivity contribution in [1.29, 1.82) is 0 Å². The summed E-state index contributed by atoms with van der Waals surface area (Å²) < 4.78 is 18.6. The van der Waals surface area contributed by atoms with Gasteiger partial charge in [-0.15, -0.1) is 0 Å². The molecule has 2 aliphatic heterocycles. The number of carbonyl (C=O) groups is 4. The van der Waals surface area contributed by atoms with Gasteiger partial charge in [0.05, 0.1) is 24.1 Å². The molecule has 0 N–H and O–H groups in total. The highest BCUT2D eigenvalue weighted by Gasteiger charge is 2.57. The van der Waals surface area contributed by atoms with Crippen LogP contribution in [0.3, 0.4) is 0 Å². The number of esters is 2. The molecule has 0 spiro atoms. The second-order valence-corrected chi connectivity index (χ2v) is 15.3. The van der Waals surface area contributed by atoms with Gasteiger partial charge in [0.2, 0.25) is 0 Å². The van der Waals surface area contributed by atoms with Crippen molar-refractivity contribution in [2.45, 2.75) is 106 Å². The average Bonchev–Trinajstić information content (AvgIpc) is 3.33. The lowest BCUT2D eigenvalue weighted by Gasteiger charge is -2.49. The van der Waals surface area contributed by atoms with Gasteiger partial charge in [-0.05, 0) is 56.7 Å². The van der Waals surface area contributed by atoms with Gasteiger partial charge < -0.3 is 14.2 Å². The molecule has 0 radical (unpaired) electrons. The molecule has 0 unspecified atom stereocenters. The zero-order chi connectivity index (χ0) is 34.9. The minimum Gasteiger partial charge on any atom is -0.458 e. The number of ether oxygens (including phenoxy) is 3. The summed E-state index contributed by atoms with van der Waals surface area (Å²) in [6, 6.07) is 10.00. The number of nitrogens with zero attached hydrogens (tertiary/aromatic N) is 1. The van der Waals surface area contributed by atoms with E-state index in [9.17, 15) is 19.2 Å². The summed E-state index contributed by atoms with van der Waals surface area (Å²) in [4.78, 5) is 59.1. The average molecular weight is 648 g/mol. The van der Waals surface area contributed by atoms with Crippen molar-refractivity contribution in [3.8, 4) is 0 Å². The van der Waals surface area contributed by atoms with E-state index in [-0.39, 0.29) is 30.5 Å². The number of hydrogen-bond donors (Lipinski definition) is 0. The Balaban J connectivity index is 1.73. The normalized spacial score (nSPS) is 34.6. The number of para-hydroxylation sites is 1. The molecule has 2 saturated heterocycles. The van der Waals surface area contributed by atoms with Gasteiger partial charge in [-0.1, -0.05) is 78.8 Å². The van der Waals surface area contributed by atoms with E-state index in [0.29, 0.717) is 12.8 Å². The van der Waals surface area contributed by atoms with Crippen molar-refractivity contribution in [3.05, 3.63) is 48.2 Å². The SMILES string of the molecule is CC[C@H]1OC(=O)[C@H](C)C(=O)[C@H](C)[C@@H](C(C)(C)C)[C@](C)(OC/C=C/c2cnc3ccccc3c2)C[C@@H](C)C(=O)[C@H](C)[C@H]2CC(=O)O[C@@]21C. The van der Waals surface area contributed by atoms with Crippen LogP contribution in [-0.4, -0.2) is 52.4 Å². The molecule has 9 atom stereocenters. The summed E-state index contributed by atoms with van der Waals surface area (Å²) in [6.45, 7) is 19.2. The first-order valence-corrected chi connectivity index (χ1v) is 17.1. The molecule has 2 aromatic rings. The van der Waals surface area contributed by atoms with Crippen molar-refractivity contribution >= 4 is 40.5 Å². The molecular weight excluding hydrogens is 594 g/mol. The number of fused-ring (bicyclic) bond motifs is 2. The van der Waals surface area contributed by atoms with E-state index in [2.05, 4.69) is 31.8 Å². The molecule has 0 amide bonds. The van der Waals surface area contributed by atoms with Gasteiger partial charge in [0.25, 0.3) is 0 Å². The Hall–Kier alpha value is -3.39. The molecule has 2 aliphatic rings. The van der Waals surface area contributed by atoms with Gasteiger partial charge >= 0.3 is 11.9 Å². The van der Waals surface area contributed by atoms with Gasteiger partial charge in [-0.25, -0.2) is 0 Å². The van der Waals surface area contributed by atoms with Crippen LogP contribution in [0.5, 0.6) is 0 Å². The highest BCUT2D eigenvalue weighted by atomic mass is 16.6. The van der Waals surface area contributed by atoms with Crippen LogP contribution in [0.2, 0.25) is 0 Å². The van der Waals surface area contributed by atoms with E-state index in [0.717, 1.165) is 16.5 Å². The fourth-order valence-electron chi connectivity index (χ4n) is 8.67. The van der Waals surface area contributed by atoms with Gasteiger partial charge in [-0.3, -0.25) is 24.2 Å². The van der Waals surface area contributed by atoms with Crippen molar-refractivity contribution < 1.29 is 33.4 Å². The Morgan fingerprint density at radius 1 is 1.00 bits per heavy atom. The van der Waals surface area contributed by atoms with Crippen LogP contribution in [0.15, 0.2) is 42.6 Å². The van der Waals surface area contributed by atoms with Crippen LogP contribution >= 0.6 is 0 Å². The van der Waals surface area contributed by atoms with E-state index >= 15 is 0 Å². The number of Topliss-reactive ketones (excluding diaryl/α,β-unsaturated/α-hetero) is 2. The van der Waals surface area contributed by atoms with Crippen molar-refractivity contribution in [3.63, 3.8) is 0 Å². The second-order valence-electron chi connectivity index (χ2n) is 15.3. The lowest BCUT2D eigenvalue weighted by atomic mass is 9.61. The maximum Gasteiger partial charge on any atom is 0.316 e. The summed E-state index contributed by atoms with van der Waals surface area (Å²) in [5.41, 5.74) is -0.693. The number of cyclic esters (lactones) is 1. The molecular formula is C39H53NO7. The Kier molecular flexibility index (Phi) is 10.9. The van der Waals surface area contributed by atoms with E-state index < -0.39 is 64.2 Å². The summed E-state index contributed by atoms with van der Waals surface area (Å²) >= 11 is 0. The third-order valence-corrected chi connectivity index (χ3v) is 10.7. The van der Waals surface area contributed by atoms with Gasteiger partial charge in [0.15, 0.2) is 0 Å². The van der Waals surface area contributed by atoms with E-state index in [1.807, 2.05) is 77.2 Å². The zero-order valence-electron chi connectivity index (χ0n) is 29.8. The predicted octanol–water partition coefficient (Wildman–Crippen LogP) is 7.42. The maximum absolute atomic E-state index is 14.2. The fraction of sp³-hybridized carbons (Fsp3) is 0.615. The monoisotopic (exact) mass is 647 g/mol. The Labute approximate surface area is 280 Å². The van der Waals surface area contributed by atoms with Gasteiger partial charge in [-0.2, -0.15) is 0 Å². The zero-order valence-corrected chi connectivity index (χ0v) is 29.8. The topological polar surface area (TPSA) is 109 Å². The standard InChI is InChI=1S/C39H53NO7/c1-11-31-39(10)29(20-32(41)47-39)24(3)33(42)23(2)21-38(9,35(37(6,7)8)25(4)34(43)26(5)36(44)46-31)45-18-14-15-27-19-28-16-12-13-17-30(28)40-22-27/h12-17,19,22-26,29,31,35H,11,18,20-21H2,1-10H3/b15-14+/t23-,24-,25+,26-,29-,31-,35+,38-,39+/m1/s1. The van der Waals surface area contributed by atoms with Crippen molar-refractivity contribution in [2.24, 2.45) is 40.9 Å². The van der Waals surface area contributed by atoms with Crippen LogP contribution in [0.4, 0.5) is 0 Å². The molecule has 0 bridgehead atoms. The molecule has 0 saturated carbocycles. The number of hydrogen-bond acceptors (Lipinski definition) is 8. The highest BCUT2D eigenvalue weighted by Crippen LogP contribution is 2.48. The van der Waals surface area contributed by atoms with Crippen molar-refractivity contribution in [2.75, 3.05) is 6.61 Å². The third-order valence-electron chi connectivity index (χ3n) is 10.7. The lowest BCUT2D eigenvalue weighted by molar-refractivity contribution is -0.185. The van der Waals surface area contributed by atoms with Crippen molar-refractivity contribution in [1.82, 2.24) is 4.98 Å². The summed E-state index contributed by atoms with van der Waals surface area (Å²) in [6.07, 6.45) is 5.71. The molecule has 1 aromatic carbocycles. The van der Waals surface area contributed by atoms with E-state index in [4.69, 9.17) is 14.2 Å². The molecule has 4 rings (SSSR count). The predicted molar refractivity (Wildman–Crippen MR) is 182 cm³/mol. The summed E-state index contributed by atoms with van der Waals surface area (Å²) in [5.74, 6) is -4.77. The first kappa shape index (κ1) is 36.4. The van der Waals surface area contributed by atoms with E-state index in [1.54, 1.807) is 13.8 Å². The minimum absolute atomic E-state index is 0.00891. The van der Waals surface area contributed by atoms with Gasteiger partial charge in [0.1, 0.15) is 29.2 Å². The van der Waals surface area contributed by atoms with Crippen LogP contribution in [0.1, 0.15) is 94.1 Å².